The summed E-state index contributed by atoms with van der Waals surface area (Å²) >= 11 is 1.60. The largest absolute Gasteiger partial charge is 0.272 e. The molecule has 0 atom stereocenters. The lowest BCUT2D eigenvalue weighted by Crippen LogP contribution is -2.15. The quantitative estimate of drug-likeness (QED) is 0.779. The second-order valence-electron chi connectivity index (χ2n) is 3.49. The van der Waals surface area contributed by atoms with Gasteiger partial charge in [0.25, 0.3) is 5.91 Å². The van der Waals surface area contributed by atoms with Crippen LogP contribution in [0.2, 0.25) is 0 Å². The Labute approximate surface area is 92.4 Å². The number of carbonyl (C=O) groups excluding carboxylic acids is 1. The highest BCUT2D eigenvalue weighted by Gasteiger charge is 2.10. The smallest absolute Gasteiger partial charge is 0.252 e. The van der Waals surface area contributed by atoms with Crippen LogP contribution in [-0.4, -0.2) is 15.7 Å². The predicted molar refractivity (Wildman–Crippen MR) is 60.4 cm³/mol. The lowest BCUT2D eigenvalue weighted by atomic mass is 10.3. The van der Waals surface area contributed by atoms with Crippen LogP contribution in [0, 0.1) is 13.8 Å². The fraction of sp³-hybridized carbons (Fsp3) is 0.273. The maximum absolute atomic E-state index is 11.9. The van der Waals surface area contributed by atoms with Crippen molar-refractivity contribution in [2.24, 2.45) is 0 Å². The van der Waals surface area contributed by atoms with Gasteiger partial charge in [0.2, 0.25) is 0 Å². The molecule has 0 fully saturated rings. The Kier molecular flexibility index (Phi) is 2.68. The molecule has 0 N–H and O–H groups in total. The lowest BCUT2D eigenvalue weighted by Gasteiger charge is -2.00. The van der Waals surface area contributed by atoms with Gasteiger partial charge in [-0.25, -0.2) is 4.68 Å². The number of nitrogens with zero attached hydrogens (tertiary/aromatic N) is 2. The van der Waals surface area contributed by atoms with Crippen molar-refractivity contribution < 1.29 is 4.79 Å². The summed E-state index contributed by atoms with van der Waals surface area (Å²) in [5.74, 6) is 0.0306. The minimum absolute atomic E-state index is 0.0306. The highest BCUT2D eigenvalue weighted by molar-refractivity contribution is 7.10. The SMILES string of the molecule is Cc1cc(C)n(C(=O)Cc2cccs2)n1. The van der Waals surface area contributed by atoms with E-state index in [0.29, 0.717) is 6.42 Å². The first-order chi connectivity index (χ1) is 7.16. The van der Waals surface area contributed by atoms with Crippen molar-refractivity contribution in [3.05, 3.63) is 39.8 Å². The van der Waals surface area contributed by atoms with Crippen molar-refractivity contribution in [3.63, 3.8) is 0 Å². The van der Waals surface area contributed by atoms with Gasteiger partial charge in [-0.2, -0.15) is 5.10 Å². The summed E-state index contributed by atoms with van der Waals surface area (Å²) in [5.41, 5.74) is 1.78. The van der Waals surface area contributed by atoms with E-state index in [1.54, 1.807) is 11.3 Å². The average Bonchev–Trinajstić information content (AvgIpc) is 2.75. The van der Waals surface area contributed by atoms with E-state index in [2.05, 4.69) is 5.10 Å². The molecule has 0 unspecified atom stereocenters. The van der Waals surface area contributed by atoms with Gasteiger partial charge in [-0.05, 0) is 31.4 Å². The molecule has 0 spiro atoms. The van der Waals surface area contributed by atoms with Gasteiger partial charge in [-0.3, -0.25) is 4.79 Å². The summed E-state index contributed by atoms with van der Waals surface area (Å²) in [5, 5.41) is 6.14. The molecule has 3 nitrogen and oxygen atoms in total. The van der Waals surface area contributed by atoms with E-state index in [9.17, 15) is 4.79 Å². The summed E-state index contributed by atoms with van der Waals surface area (Å²) in [6.45, 7) is 3.79. The molecule has 0 radical (unpaired) electrons. The summed E-state index contributed by atoms with van der Waals surface area (Å²) < 4.78 is 1.48. The summed E-state index contributed by atoms with van der Waals surface area (Å²) in [4.78, 5) is 12.9. The fourth-order valence-electron chi connectivity index (χ4n) is 1.52. The van der Waals surface area contributed by atoms with Gasteiger partial charge in [-0.15, -0.1) is 11.3 Å². The molecule has 0 aliphatic heterocycles. The third-order valence-corrected chi connectivity index (χ3v) is 3.03. The molecule has 2 aromatic heterocycles. The highest BCUT2D eigenvalue weighted by atomic mass is 32.1. The van der Waals surface area contributed by atoms with Crippen molar-refractivity contribution in [3.8, 4) is 0 Å². The second-order valence-corrected chi connectivity index (χ2v) is 4.52. The number of rotatable bonds is 2. The number of hydrogen-bond acceptors (Lipinski definition) is 3. The summed E-state index contributed by atoms with van der Waals surface area (Å²) in [7, 11) is 0. The standard InChI is InChI=1S/C11H12N2OS/c1-8-6-9(2)13(12-8)11(14)7-10-4-3-5-15-10/h3-6H,7H2,1-2H3. The zero-order valence-corrected chi connectivity index (χ0v) is 9.54. The fourth-order valence-corrected chi connectivity index (χ4v) is 2.21. The molecule has 0 aliphatic carbocycles. The number of aromatic nitrogens is 2. The normalized spacial score (nSPS) is 10.5. The molecule has 0 aromatic carbocycles. The highest BCUT2D eigenvalue weighted by Crippen LogP contribution is 2.11. The molecule has 0 bridgehead atoms. The molecule has 0 amide bonds. The van der Waals surface area contributed by atoms with E-state index in [1.807, 2.05) is 37.4 Å². The topological polar surface area (TPSA) is 34.9 Å². The maximum atomic E-state index is 11.9. The minimum Gasteiger partial charge on any atom is -0.272 e. The van der Waals surface area contributed by atoms with E-state index in [0.717, 1.165) is 16.3 Å². The Balaban J connectivity index is 2.18. The maximum Gasteiger partial charge on any atom is 0.252 e. The van der Waals surface area contributed by atoms with Gasteiger partial charge >= 0.3 is 0 Å². The van der Waals surface area contributed by atoms with Crippen LogP contribution in [0.4, 0.5) is 0 Å². The summed E-state index contributed by atoms with van der Waals surface area (Å²) in [6.07, 6.45) is 0.430. The van der Waals surface area contributed by atoms with Crippen LogP contribution >= 0.6 is 11.3 Å². The number of hydrogen-bond donors (Lipinski definition) is 0. The Morgan fingerprint density at radius 2 is 2.33 bits per heavy atom. The van der Waals surface area contributed by atoms with Gasteiger partial charge in [-0.1, -0.05) is 6.07 Å². The molecule has 0 saturated carbocycles. The molecule has 15 heavy (non-hydrogen) atoms. The number of aryl methyl sites for hydroxylation is 2. The van der Waals surface area contributed by atoms with Gasteiger partial charge in [0.05, 0.1) is 12.1 Å². The van der Waals surface area contributed by atoms with E-state index in [4.69, 9.17) is 0 Å². The van der Waals surface area contributed by atoms with Gasteiger partial charge in [0.15, 0.2) is 0 Å². The molecular formula is C11H12N2OS. The van der Waals surface area contributed by atoms with Crippen LogP contribution in [0.15, 0.2) is 23.6 Å². The van der Waals surface area contributed by atoms with E-state index < -0.39 is 0 Å². The Morgan fingerprint density at radius 1 is 1.53 bits per heavy atom. The third-order valence-electron chi connectivity index (χ3n) is 2.15. The molecular weight excluding hydrogens is 208 g/mol. The van der Waals surface area contributed by atoms with Crippen LogP contribution in [0.3, 0.4) is 0 Å². The van der Waals surface area contributed by atoms with E-state index in [1.165, 1.54) is 4.68 Å². The molecule has 2 rings (SSSR count). The molecule has 2 heterocycles. The monoisotopic (exact) mass is 220 g/mol. The van der Waals surface area contributed by atoms with Crippen LogP contribution in [-0.2, 0) is 6.42 Å². The zero-order valence-electron chi connectivity index (χ0n) is 8.73. The number of carbonyl (C=O) groups is 1. The zero-order chi connectivity index (χ0) is 10.8. The van der Waals surface area contributed by atoms with Crippen molar-refractivity contribution in [2.45, 2.75) is 20.3 Å². The molecule has 2 aromatic rings. The third kappa shape index (κ3) is 2.15. The van der Waals surface area contributed by atoms with Gasteiger partial charge < -0.3 is 0 Å². The average molecular weight is 220 g/mol. The first-order valence-electron chi connectivity index (χ1n) is 4.75. The predicted octanol–water partition coefficient (Wildman–Crippen LogP) is 2.44. The first kappa shape index (κ1) is 10.1. The van der Waals surface area contributed by atoms with Crippen LogP contribution in [0.1, 0.15) is 21.1 Å². The van der Waals surface area contributed by atoms with Crippen molar-refractivity contribution in [1.29, 1.82) is 0 Å². The van der Waals surface area contributed by atoms with E-state index >= 15 is 0 Å². The van der Waals surface area contributed by atoms with Crippen LogP contribution in [0.25, 0.3) is 0 Å². The van der Waals surface area contributed by atoms with Crippen molar-refractivity contribution in [2.75, 3.05) is 0 Å². The molecule has 0 saturated heterocycles. The second kappa shape index (κ2) is 3.98. The Hall–Kier alpha value is -1.42. The minimum atomic E-state index is 0.0306. The van der Waals surface area contributed by atoms with Gasteiger partial charge in [0.1, 0.15) is 0 Å². The van der Waals surface area contributed by atoms with E-state index in [-0.39, 0.29) is 5.91 Å². The number of thiophene rings is 1. The van der Waals surface area contributed by atoms with Crippen LogP contribution < -0.4 is 0 Å². The van der Waals surface area contributed by atoms with Crippen LogP contribution in [0.5, 0.6) is 0 Å². The van der Waals surface area contributed by atoms with Crippen molar-refractivity contribution >= 4 is 17.2 Å². The Bertz CT molecular complexity index is 471. The first-order valence-corrected chi connectivity index (χ1v) is 5.63. The summed E-state index contributed by atoms with van der Waals surface area (Å²) in [6, 6.07) is 5.83. The molecule has 4 heteroatoms. The molecule has 0 aliphatic rings. The Morgan fingerprint density at radius 3 is 2.87 bits per heavy atom. The van der Waals surface area contributed by atoms with Gasteiger partial charge in [0, 0.05) is 10.6 Å². The molecule has 78 valence electrons. The van der Waals surface area contributed by atoms with Crippen molar-refractivity contribution in [1.82, 2.24) is 9.78 Å². The lowest BCUT2D eigenvalue weighted by molar-refractivity contribution is 0.0896.